The molecule has 0 aliphatic carbocycles. The highest BCUT2D eigenvalue weighted by Gasteiger charge is 2.41. The summed E-state index contributed by atoms with van der Waals surface area (Å²) in [5.41, 5.74) is 2.61. The van der Waals surface area contributed by atoms with Crippen molar-refractivity contribution in [1.29, 1.82) is 5.26 Å². The molecule has 3 aromatic carbocycles. The van der Waals surface area contributed by atoms with Gasteiger partial charge in [0, 0.05) is 42.3 Å². The van der Waals surface area contributed by atoms with Gasteiger partial charge in [-0.15, -0.1) is 0 Å². The van der Waals surface area contributed by atoms with Gasteiger partial charge in [-0.1, -0.05) is 41.9 Å². The lowest BCUT2D eigenvalue weighted by atomic mass is 9.77. The van der Waals surface area contributed by atoms with E-state index in [2.05, 4.69) is 17.0 Å². The van der Waals surface area contributed by atoms with E-state index < -0.39 is 0 Å². The van der Waals surface area contributed by atoms with Crippen LogP contribution in [0.5, 0.6) is 11.5 Å². The van der Waals surface area contributed by atoms with E-state index in [9.17, 15) is 10.1 Å². The van der Waals surface area contributed by atoms with Crippen molar-refractivity contribution in [2.45, 2.75) is 25.8 Å². The number of hydrogen-bond donors (Lipinski definition) is 0. The predicted molar refractivity (Wildman–Crippen MR) is 137 cm³/mol. The number of nitrogens with zero attached hydrogens (tertiary/aromatic N) is 3. The minimum absolute atomic E-state index is 0.0927. The van der Waals surface area contributed by atoms with Crippen molar-refractivity contribution in [3.05, 3.63) is 94.5 Å². The summed E-state index contributed by atoms with van der Waals surface area (Å²) >= 11 is 5.97. The molecule has 35 heavy (non-hydrogen) atoms. The number of nitriles is 1. The van der Waals surface area contributed by atoms with Crippen LogP contribution in [0.15, 0.2) is 72.8 Å². The van der Waals surface area contributed by atoms with Crippen LogP contribution in [0.25, 0.3) is 0 Å². The summed E-state index contributed by atoms with van der Waals surface area (Å²) in [6, 6.07) is 24.8. The predicted octanol–water partition coefficient (Wildman–Crippen LogP) is 6.13. The molecule has 178 valence electrons. The first-order valence-corrected chi connectivity index (χ1v) is 12.5. The summed E-state index contributed by atoms with van der Waals surface area (Å²) in [5.74, 6) is 1.47. The van der Waals surface area contributed by atoms with Crippen LogP contribution in [0.1, 0.15) is 40.7 Å². The topological polar surface area (TPSA) is 56.6 Å². The Morgan fingerprint density at radius 2 is 1.57 bits per heavy atom. The van der Waals surface area contributed by atoms with Crippen molar-refractivity contribution in [3.8, 4) is 17.6 Å². The molecule has 0 bridgehead atoms. The monoisotopic (exact) mass is 485 g/mol. The number of likely N-dealkylation sites (tertiary alicyclic amines) is 2. The average Bonchev–Trinajstić information content (AvgIpc) is 3.27. The summed E-state index contributed by atoms with van der Waals surface area (Å²) in [7, 11) is 0. The third-order valence-corrected chi connectivity index (χ3v) is 7.57. The Morgan fingerprint density at radius 3 is 2.31 bits per heavy atom. The van der Waals surface area contributed by atoms with E-state index in [1.54, 1.807) is 30.3 Å². The third-order valence-electron chi connectivity index (χ3n) is 7.31. The molecule has 1 spiro atoms. The second kappa shape index (κ2) is 10.1. The molecular weight excluding hydrogens is 458 g/mol. The zero-order valence-electron chi connectivity index (χ0n) is 19.6. The van der Waals surface area contributed by atoms with Crippen molar-refractivity contribution >= 4 is 17.5 Å². The highest BCUT2D eigenvalue weighted by atomic mass is 35.5. The Hall–Kier alpha value is -3.33. The van der Waals surface area contributed by atoms with Crippen LogP contribution in [0.4, 0.5) is 0 Å². The summed E-state index contributed by atoms with van der Waals surface area (Å²) < 4.78 is 6.17. The number of benzene rings is 3. The quantitative estimate of drug-likeness (QED) is 0.436. The van der Waals surface area contributed by atoms with Crippen molar-refractivity contribution in [1.82, 2.24) is 9.80 Å². The Kier molecular flexibility index (Phi) is 6.77. The molecule has 5 rings (SSSR count). The lowest BCUT2D eigenvalue weighted by Crippen LogP contribution is -2.44. The van der Waals surface area contributed by atoms with E-state index in [1.165, 1.54) is 0 Å². The van der Waals surface area contributed by atoms with Crippen molar-refractivity contribution < 1.29 is 9.53 Å². The standard InChI is InChI=1S/C29H28ClN3O2/c30-25-11-9-22(10-12-25)28(34)33-17-14-29(15-18-33)13-16-32(21-29)20-24-6-2-4-8-27(24)35-26-7-3-1-5-23(26)19-31/h1-12H,13-18,20-21H2. The molecule has 0 saturated carbocycles. The maximum absolute atomic E-state index is 12.9. The molecular formula is C29H28ClN3O2. The average molecular weight is 486 g/mol. The molecule has 0 N–H and O–H groups in total. The first kappa shape index (κ1) is 23.4. The number of carbonyl (C=O) groups excluding carboxylic acids is 1. The number of amides is 1. The summed E-state index contributed by atoms with van der Waals surface area (Å²) in [5, 5.41) is 10.0. The molecule has 0 atom stereocenters. The second-order valence-corrected chi connectivity index (χ2v) is 10.0. The fraction of sp³-hybridized carbons (Fsp3) is 0.310. The SMILES string of the molecule is N#Cc1ccccc1Oc1ccccc1CN1CCC2(CCN(C(=O)c3ccc(Cl)cc3)CC2)C1. The van der Waals surface area contributed by atoms with Crippen LogP contribution in [-0.4, -0.2) is 41.9 Å². The van der Waals surface area contributed by atoms with Crippen molar-refractivity contribution in [3.63, 3.8) is 0 Å². The van der Waals surface area contributed by atoms with E-state index in [-0.39, 0.29) is 11.3 Å². The number of halogens is 1. The number of piperidine rings is 1. The second-order valence-electron chi connectivity index (χ2n) is 9.58. The van der Waals surface area contributed by atoms with Gasteiger partial charge in [0.1, 0.15) is 17.6 Å². The van der Waals surface area contributed by atoms with Crippen molar-refractivity contribution in [2.24, 2.45) is 5.41 Å². The fourth-order valence-electron chi connectivity index (χ4n) is 5.27. The molecule has 5 nitrogen and oxygen atoms in total. The molecule has 2 aliphatic rings. The Labute approximate surface area is 211 Å². The van der Waals surface area contributed by atoms with Gasteiger partial charge in [-0.25, -0.2) is 0 Å². The lowest BCUT2D eigenvalue weighted by molar-refractivity contribution is 0.0587. The van der Waals surface area contributed by atoms with E-state index >= 15 is 0 Å². The van der Waals surface area contributed by atoms with Gasteiger partial charge < -0.3 is 9.64 Å². The van der Waals surface area contributed by atoms with Gasteiger partial charge in [0.05, 0.1) is 5.56 Å². The molecule has 1 amide bonds. The molecule has 2 heterocycles. The first-order chi connectivity index (χ1) is 17.0. The van der Waals surface area contributed by atoms with Crippen LogP contribution in [0, 0.1) is 16.7 Å². The Balaban J connectivity index is 1.21. The maximum atomic E-state index is 12.9. The van der Waals surface area contributed by atoms with E-state index in [1.807, 2.05) is 41.3 Å². The van der Waals surface area contributed by atoms with Gasteiger partial charge in [-0.3, -0.25) is 9.69 Å². The number of para-hydroxylation sites is 2. The van der Waals surface area contributed by atoms with Gasteiger partial charge in [-0.05, 0) is 73.7 Å². The summed E-state index contributed by atoms with van der Waals surface area (Å²) in [4.78, 5) is 17.4. The van der Waals surface area contributed by atoms with Crippen LogP contribution in [-0.2, 0) is 6.54 Å². The third kappa shape index (κ3) is 5.19. The van der Waals surface area contributed by atoms with Crippen LogP contribution in [0.2, 0.25) is 5.02 Å². The maximum Gasteiger partial charge on any atom is 0.253 e. The van der Waals surface area contributed by atoms with E-state index in [0.717, 1.165) is 63.3 Å². The Morgan fingerprint density at radius 1 is 0.914 bits per heavy atom. The fourth-order valence-corrected chi connectivity index (χ4v) is 5.40. The van der Waals surface area contributed by atoms with Crippen molar-refractivity contribution in [2.75, 3.05) is 26.2 Å². The van der Waals surface area contributed by atoms with Crippen LogP contribution >= 0.6 is 11.6 Å². The minimum atomic E-state index is 0.0927. The minimum Gasteiger partial charge on any atom is -0.456 e. The van der Waals surface area contributed by atoms with Gasteiger partial charge in [-0.2, -0.15) is 5.26 Å². The van der Waals surface area contributed by atoms with Crippen LogP contribution in [0.3, 0.4) is 0 Å². The summed E-state index contributed by atoms with van der Waals surface area (Å²) in [6.45, 7) is 4.45. The van der Waals surface area contributed by atoms with Gasteiger partial charge in [0.2, 0.25) is 0 Å². The molecule has 0 radical (unpaired) electrons. The zero-order valence-corrected chi connectivity index (χ0v) is 20.4. The highest BCUT2D eigenvalue weighted by Crippen LogP contribution is 2.41. The highest BCUT2D eigenvalue weighted by molar-refractivity contribution is 6.30. The number of rotatable bonds is 5. The molecule has 6 heteroatoms. The molecule has 3 aromatic rings. The van der Waals surface area contributed by atoms with E-state index in [4.69, 9.17) is 16.3 Å². The van der Waals surface area contributed by atoms with Gasteiger partial charge >= 0.3 is 0 Å². The first-order valence-electron chi connectivity index (χ1n) is 12.1. The van der Waals surface area contributed by atoms with Crippen LogP contribution < -0.4 is 4.74 Å². The number of hydrogen-bond acceptors (Lipinski definition) is 4. The van der Waals surface area contributed by atoms with E-state index in [0.29, 0.717) is 21.9 Å². The summed E-state index contributed by atoms with van der Waals surface area (Å²) in [6.07, 6.45) is 3.20. The largest absolute Gasteiger partial charge is 0.456 e. The molecule has 2 aliphatic heterocycles. The molecule has 2 fully saturated rings. The smallest absolute Gasteiger partial charge is 0.253 e. The zero-order chi connectivity index (χ0) is 24.3. The Bertz CT molecular complexity index is 1240. The molecule has 0 aromatic heterocycles. The normalized spacial score (nSPS) is 17.3. The van der Waals surface area contributed by atoms with Gasteiger partial charge in [0.25, 0.3) is 5.91 Å². The van der Waals surface area contributed by atoms with Gasteiger partial charge in [0.15, 0.2) is 0 Å². The number of ether oxygens (including phenoxy) is 1. The molecule has 0 unspecified atom stereocenters. The number of carbonyl (C=O) groups is 1. The lowest BCUT2D eigenvalue weighted by Gasteiger charge is -2.39. The molecule has 2 saturated heterocycles.